The first-order valence-electron chi connectivity index (χ1n) is 8.64. The van der Waals surface area contributed by atoms with Gasteiger partial charge < -0.3 is 15.5 Å². The van der Waals surface area contributed by atoms with Crippen molar-refractivity contribution in [2.75, 3.05) is 24.5 Å². The topological polar surface area (TPSA) is 87.5 Å². The number of amides is 1. The molecule has 130 valence electrons. The van der Waals surface area contributed by atoms with Crippen molar-refractivity contribution >= 4 is 17.3 Å². The van der Waals surface area contributed by atoms with Crippen LogP contribution in [-0.2, 0) is 0 Å². The van der Waals surface area contributed by atoms with Crippen LogP contribution in [0, 0.1) is 10.1 Å². The van der Waals surface area contributed by atoms with Crippen LogP contribution in [0.2, 0.25) is 0 Å². The molecule has 0 aromatic heterocycles. The molecule has 0 saturated carbocycles. The summed E-state index contributed by atoms with van der Waals surface area (Å²) in [6.07, 6.45) is 4.04. The van der Waals surface area contributed by atoms with Crippen molar-refractivity contribution in [3.63, 3.8) is 0 Å². The molecule has 24 heavy (non-hydrogen) atoms. The number of nitrogens with zero attached hydrogens (tertiary/aromatic N) is 2. The van der Waals surface area contributed by atoms with Gasteiger partial charge in [0.2, 0.25) is 0 Å². The predicted octanol–water partition coefficient (Wildman–Crippen LogP) is 2.07. The Hall–Kier alpha value is -2.15. The van der Waals surface area contributed by atoms with Crippen LogP contribution in [0.1, 0.15) is 43.0 Å². The smallest absolute Gasteiger partial charge is 0.293 e. The van der Waals surface area contributed by atoms with Crippen LogP contribution in [0.25, 0.3) is 0 Å². The van der Waals surface area contributed by atoms with Crippen LogP contribution in [-0.4, -0.2) is 42.5 Å². The fourth-order valence-corrected chi connectivity index (χ4v) is 3.53. The fourth-order valence-electron chi connectivity index (χ4n) is 3.53. The van der Waals surface area contributed by atoms with Crippen LogP contribution in [0.5, 0.6) is 0 Å². The number of piperidine rings is 1. The molecule has 2 unspecified atom stereocenters. The highest BCUT2D eigenvalue weighted by Crippen LogP contribution is 2.31. The molecule has 1 aromatic rings. The van der Waals surface area contributed by atoms with Crippen molar-refractivity contribution < 1.29 is 9.72 Å². The highest BCUT2D eigenvalue weighted by Gasteiger charge is 2.26. The summed E-state index contributed by atoms with van der Waals surface area (Å²) in [4.78, 5) is 25.6. The zero-order valence-electron chi connectivity index (χ0n) is 14.0. The Bertz CT molecular complexity index is 628. The number of benzene rings is 1. The molecule has 0 bridgehead atoms. The minimum Gasteiger partial charge on any atom is -0.366 e. The lowest BCUT2D eigenvalue weighted by molar-refractivity contribution is -0.384. The summed E-state index contributed by atoms with van der Waals surface area (Å²) in [6, 6.07) is 5.08. The second-order valence-corrected chi connectivity index (χ2v) is 6.62. The van der Waals surface area contributed by atoms with Gasteiger partial charge in [-0.15, -0.1) is 0 Å². The van der Waals surface area contributed by atoms with Crippen LogP contribution < -0.4 is 15.5 Å². The number of nitrogens with one attached hydrogen (secondary N) is 2. The molecule has 0 aliphatic carbocycles. The summed E-state index contributed by atoms with van der Waals surface area (Å²) >= 11 is 0. The van der Waals surface area contributed by atoms with Crippen molar-refractivity contribution in [2.45, 2.75) is 44.7 Å². The van der Waals surface area contributed by atoms with Crippen LogP contribution >= 0.6 is 0 Å². The summed E-state index contributed by atoms with van der Waals surface area (Å²) < 4.78 is 0. The first kappa shape index (κ1) is 16.7. The maximum absolute atomic E-state index is 12.5. The minimum absolute atomic E-state index is 0.0133. The number of rotatable bonds is 4. The van der Waals surface area contributed by atoms with Gasteiger partial charge in [-0.05, 0) is 51.3 Å². The Balaban J connectivity index is 1.78. The molecule has 1 amide bonds. The molecule has 3 rings (SSSR count). The second-order valence-electron chi connectivity index (χ2n) is 6.62. The summed E-state index contributed by atoms with van der Waals surface area (Å²) in [5.41, 5.74) is 0.975. The Labute approximate surface area is 141 Å². The van der Waals surface area contributed by atoms with Gasteiger partial charge in [0, 0.05) is 36.8 Å². The second kappa shape index (κ2) is 7.17. The summed E-state index contributed by atoms with van der Waals surface area (Å²) in [5.74, 6) is -0.244. The van der Waals surface area contributed by atoms with E-state index in [0.29, 0.717) is 11.3 Å². The van der Waals surface area contributed by atoms with Crippen LogP contribution in [0.3, 0.4) is 0 Å². The third kappa shape index (κ3) is 3.51. The van der Waals surface area contributed by atoms with E-state index in [9.17, 15) is 14.9 Å². The maximum Gasteiger partial charge on any atom is 0.293 e. The fraction of sp³-hybridized carbons (Fsp3) is 0.588. The number of carbonyl (C=O) groups is 1. The monoisotopic (exact) mass is 332 g/mol. The van der Waals surface area contributed by atoms with E-state index in [2.05, 4.69) is 10.6 Å². The number of hydrogen-bond donors (Lipinski definition) is 2. The number of nitro groups is 1. The third-order valence-electron chi connectivity index (χ3n) is 4.96. The normalized spacial score (nSPS) is 24.0. The molecule has 2 fully saturated rings. The van der Waals surface area contributed by atoms with E-state index in [0.717, 1.165) is 45.3 Å². The average Bonchev–Trinajstić information content (AvgIpc) is 3.10. The molecular weight excluding hydrogens is 308 g/mol. The van der Waals surface area contributed by atoms with E-state index in [1.54, 1.807) is 12.1 Å². The van der Waals surface area contributed by atoms with E-state index >= 15 is 0 Å². The van der Waals surface area contributed by atoms with Gasteiger partial charge in [0.05, 0.1) is 4.92 Å². The molecule has 7 heteroatoms. The molecule has 7 nitrogen and oxygen atoms in total. The first-order chi connectivity index (χ1) is 11.6. The van der Waals surface area contributed by atoms with Gasteiger partial charge in [-0.1, -0.05) is 0 Å². The van der Waals surface area contributed by atoms with Gasteiger partial charge in [-0.25, -0.2) is 0 Å². The van der Waals surface area contributed by atoms with Crippen molar-refractivity contribution in [1.29, 1.82) is 0 Å². The maximum atomic E-state index is 12.5. The average molecular weight is 332 g/mol. The SMILES string of the molecule is CC1NCCCC1NC(=O)c1ccc(N2CCCC2)c([N+](=O)[O-])c1. The first-order valence-corrected chi connectivity index (χ1v) is 8.64. The molecule has 1 aromatic carbocycles. The molecule has 2 aliphatic rings. The van der Waals surface area contributed by atoms with Crippen molar-refractivity contribution in [3.8, 4) is 0 Å². The van der Waals surface area contributed by atoms with Gasteiger partial charge in [0.25, 0.3) is 11.6 Å². The Morgan fingerprint density at radius 1 is 1.33 bits per heavy atom. The lowest BCUT2D eigenvalue weighted by Crippen LogP contribution is -2.51. The Morgan fingerprint density at radius 3 is 2.75 bits per heavy atom. The van der Waals surface area contributed by atoms with E-state index in [1.807, 2.05) is 11.8 Å². The van der Waals surface area contributed by atoms with Crippen molar-refractivity contribution in [2.24, 2.45) is 0 Å². The summed E-state index contributed by atoms with van der Waals surface area (Å²) in [7, 11) is 0. The molecule has 0 radical (unpaired) electrons. The number of hydrogen-bond acceptors (Lipinski definition) is 5. The standard InChI is InChI=1S/C17H24N4O3/c1-12-14(5-4-8-18-12)19-17(22)13-6-7-15(16(11-13)21(23)24)20-9-2-3-10-20/h6-7,11-12,14,18H,2-5,8-10H2,1H3,(H,19,22). The molecule has 2 saturated heterocycles. The number of nitro benzene ring substituents is 1. The van der Waals surface area contributed by atoms with E-state index in [1.165, 1.54) is 6.07 Å². The largest absolute Gasteiger partial charge is 0.366 e. The molecule has 2 heterocycles. The quantitative estimate of drug-likeness (QED) is 0.651. The number of anilines is 1. The zero-order chi connectivity index (χ0) is 17.1. The Kier molecular flexibility index (Phi) is 4.99. The van der Waals surface area contributed by atoms with Crippen molar-refractivity contribution in [1.82, 2.24) is 10.6 Å². The van der Waals surface area contributed by atoms with Crippen LogP contribution in [0.15, 0.2) is 18.2 Å². The Morgan fingerprint density at radius 2 is 2.08 bits per heavy atom. The van der Waals surface area contributed by atoms with Crippen molar-refractivity contribution in [3.05, 3.63) is 33.9 Å². The van der Waals surface area contributed by atoms with Crippen LogP contribution in [0.4, 0.5) is 11.4 Å². The lowest BCUT2D eigenvalue weighted by atomic mass is 9.99. The van der Waals surface area contributed by atoms with Gasteiger partial charge >= 0.3 is 0 Å². The minimum atomic E-state index is -0.394. The molecule has 2 N–H and O–H groups in total. The highest BCUT2D eigenvalue weighted by molar-refractivity contribution is 5.96. The molecule has 2 aliphatic heterocycles. The van der Waals surface area contributed by atoms with Gasteiger partial charge in [0.15, 0.2) is 0 Å². The summed E-state index contributed by atoms with van der Waals surface area (Å²) in [6.45, 7) is 4.67. The van der Waals surface area contributed by atoms with E-state index in [-0.39, 0.29) is 23.7 Å². The third-order valence-corrected chi connectivity index (χ3v) is 4.96. The van der Waals surface area contributed by atoms with E-state index in [4.69, 9.17) is 0 Å². The highest BCUT2D eigenvalue weighted by atomic mass is 16.6. The van der Waals surface area contributed by atoms with Gasteiger partial charge in [-0.2, -0.15) is 0 Å². The van der Waals surface area contributed by atoms with E-state index < -0.39 is 4.92 Å². The zero-order valence-corrected chi connectivity index (χ0v) is 14.0. The molecule has 0 spiro atoms. The molecule has 2 atom stereocenters. The van der Waals surface area contributed by atoms with Gasteiger partial charge in [-0.3, -0.25) is 14.9 Å². The number of carbonyl (C=O) groups excluding carboxylic acids is 1. The lowest BCUT2D eigenvalue weighted by Gasteiger charge is -2.30. The summed E-state index contributed by atoms with van der Waals surface area (Å²) in [5, 5.41) is 17.8. The van der Waals surface area contributed by atoms with Gasteiger partial charge in [0.1, 0.15) is 5.69 Å². The molecular formula is C17H24N4O3. The predicted molar refractivity (Wildman–Crippen MR) is 92.5 cm³/mol.